The molecule has 2 aliphatic heterocycles. The Bertz CT molecular complexity index is 753. The lowest BCUT2D eigenvalue weighted by molar-refractivity contribution is -0.127. The molecule has 2 aromatic carbocycles. The van der Waals surface area contributed by atoms with Crippen molar-refractivity contribution in [1.82, 2.24) is 16.0 Å². The number of urea groups is 1. The summed E-state index contributed by atoms with van der Waals surface area (Å²) in [6, 6.07) is 14.0. The first kappa shape index (κ1) is 13.3. The maximum Gasteiger partial charge on any atom is 0.322 e. The minimum absolute atomic E-state index is 0.0953. The average Bonchev–Trinajstić information content (AvgIpc) is 2.53. The maximum absolute atomic E-state index is 12.3. The predicted octanol–water partition coefficient (Wildman–Crippen LogP) is 1.70. The molecule has 2 aromatic rings. The molecule has 0 saturated carbocycles. The van der Waals surface area contributed by atoms with E-state index in [1.807, 2.05) is 18.2 Å². The van der Waals surface area contributed by atoms with Crippen LogP contribution in [0.25, 0.3) is 10.8 Å². The fourth-order valence-electron chi connectivity index (χ4n) is 3.70. The molecule has 0 bridgehead atoms. The van der Waals surface area contributed by atoms with E-state index in [2.05, 4.69) is 40.2 Å². The van der Waals surface area contributed by atoms with Crippen molar-refractivity contribution in [2.24, 2.45) is 5.92 Å². The molecule has 0 spiro atoms. The number of imide groups is 1. The molecular formula is C17H17N3O2. The highest BCUT2D eigenvalue weighted by molar-refractivity contribution is 5.99. The summed E-state index contributed by atoms with van der Waals surface area (Å²) in [4.78, 5) is 23.8. The molecule has 5 nitrogen and oxygen atoms in total. The first-order valence-corrected chi connectivity index (χ1v) is 7.56. The Balaban J connectivity index is 1.80. The van der Waals surface area contributed by atoms with Gasteiger partial charge in [0, 0.05) is 5.92 Å². The van der Waals surface area contributed by atoms with Crippen molar-refractivity contribution in [2.45, 2.75) is 18.5 Å². The van der Waals surface area contributed by atoms with Gasteiger partial charge in [0.1, 0.15) is 0 Å². The van der Waals surface area contributed by atoms with Crippen LogP contribution in [-0.4, -0.2) is 24.6 Å². The third-order valence-corrected chi connectivity index (χ3v) is 4.66. The molecule has 2 heterocycles. The number of amides is 3. The lowest BCUT2D eigenvalue weighted by Gasteiger charge is -2.41. The number of carbonyl (C=O) groups is 2. The van der Waals surface area contributed by atoms with Gasteiger partial charge in [0.25, 0.3) is 0 Å². The van der Waals surface area contributed by atoms with Gasteiger partial charge in [-0.1, -0.05) is 42.5 Å². The molecule has 5 heteroatoms. The normalized spacial score (nSPS) is 27.9. The molecule has 22 heavy (non-hydrogen) atoms. The smallest absolute Gasteiger partial charge is 0.322 e. The van der Waals surface area contributed by atoms with Gasteiger partial charge in [-0.3, -0.25) is 15.4 Å². The van der Waals surface area contributed by atoms with Crippen LogP contribution in [-0.2, 0) is 4.79 Å². The molecule has 3 atom stereocenters. The van der Waals surface area contributed by atoms with Crippen molar-refractivity contribution in [3.63, 3.8) is 0 Å². The quantitative estimate of drug-likeness (QED) is 0.750. The Morgan fingerprint density at radius 3 is 2.73 bits per heavy atom. The molecule has 2 aliphatic rings. The van der Waals surface area contributed by atoms with Gasteiger partial charge in [0.05, 0.1) is 12.1 Å². The molecule has 2 saturated heterocycles. The van der Waals surface area contributed by atoms with Crippen LogP contribution < -0.4 is 16.0 Å². The van der Waals surface area contributed by atoms with E-state index in [1.165, 1.54) is 16.3 Å². The molecule has 0 aromatic heterocycles. The van der Waals surface area contributed by atoms with Crippen molar-refractivity contribution in [1.29, 1.82) is 0 Å². The van der Waals surface area contributed by atoms with E-state index >= 15 is 0 Å². The van der Waals surface area contributed by atoms with Gasteiger partial charge in [0.2, 0.25) is 5.91 Å². The zero-order chi connectivity index (χ0) is 15.1. The van der Waals surface area contributed by atoms with Crippen LogP contribution in [0.3, 0.4) is 0 Å². The minimum atomic E-state index is -0.419. The minimum Gasteiger partial charge on any atom is -0.322 e. The van der Waals surface area contributed by atoms with Crippen LogP contribution in [0.4, 0.5) is 4.79 Å². The standard InChI is InChI=1S/C17H17N3O2/c21-16-14-13(8-9-18-15(14)19-17(22)20-16)12-7-3-5-10-4-1-2-6-11(10)12/h1-7,13-15,18H,8-9H2,(H2,19,20,21,22). The maximum atomic E-state index is 12.3. The Morgan fingerprint density at radius 2 is 1.82 bits per heavy atom. The monoisotopic (exact) mass is 295 g/mol. The summed E-state index contributed by atoms with van der Waals surface area (Å²) < 4.78 is 0. The van der Waals surface area contributed by atoms with Crippen LogP contribution >= 0.6 is 0 Å². The third-order valence-electron chi connectivity index (χ3n) is 4.66. The molecule has 4 rings (SSSR count). The fourth-order valence-corrected chi connectivity index (χ4v) is 3.70. The Morgan fingerprint density at radius 1 is 1.00 bits per heavy atom. The van der Waals surface area contributed by atoms with Gasteiger partial charge < -0.3 is 5.32 Å². The van der Waals surface area contributed by atoms with E-state index in [-0.39, 0.29) is 23.9 Å². The highest BCUT2D eigenvalue weighted by Gasteiger charge is 2.43. The molecule has 0 aliphatic carbocycles. The third kappa shape index (κ3) is 2.05. The van der Waals surface area contributed by atoms with E-state index in [0.717, 1.165) is 13.0 Å². The van der Waals surface area contributed by atoms with E-state index in [0.29, 0.717) is 0 Å². The van der Waals surface area contributed by atoms with Gasteiger partial charge in [-0.2, -0.15) is 0 Å². The van der Waals surface area contributed by atoms with Gasteiger partial charge in [0.15, 0.2) is 0 Å². The number of nitrogens with one attached hydrogen (secondary N) is 3. The first-order valence-electron chi connectivity index (χ1n) is 7.56. The second-order valence-electron chi connectivity index (χ2n) is 5.88. The van der Waals surface area contributed by atoms with Crippen molar-refractivity contribution in [3.05, 3.63) is 48.0 Å². The highest BCUT2D eigenvalue weighted by Crippen LogP contribution is 2.37. The summed E-state index contributed by atoms with van der Waals surface area (Å²) in [5.41, 5.74) is 1.18. The summed E-state index contributed by atoms with van der Waals surface area (Å²) in [5, 5.41) is 10.8. The molecule has 3 unspecified atom stereocenters. The molecule has 2 fully saturated rings. The van der Waals surface area contributed by atoms with E-state index < -0.39 is 6.03 Å². The Hall–Kier alpha value is -2.40. The number of carbonyl (C=O) groups excluding carboxylic acids is 2. The average molecular weight is 295 g/mol. The topological polar surface area (TPSA) is 70.2 Å². The second kappa shape index (κ2) is 5.10. The van der Waals surface area contributed by atoms with Crippen molar-refractivity contribution >= 4 is 22.7 Å². The number of rotatable bonds is 1. The lowest BCUT2D eigenvalue weighted by atomic mass is 9.76. The van der Waals surface area contributed by atoms with E-state index in [4.69, 9.17) is 0 Å². The second-order valence-corrected chi connectivity index (χ2v) is 5.88. The van der Waals surface area contributed by atoms with Crippen LogP contribution in [0.2, 0.25) is 0 Å². The Kier molecular flexibility index (Phi) is 3.08. The van der Waals surface area contributed by atoms with Crippen LogP contribution in [0.1, 0.15) is 17.9 Å². The van der Waals surface area contributed by atoms with Gasteiger partial charge in [-0.05, 0) is 29.3 Å². The molecule has 3 amide bonds. The summed E-state index contributed by atoms with van der Waals surface area (Å²) in [6.45, 7) is 0.780. The zero-order valence-corrected chi connectivity index (χ0v) is 12.0. The SMILES string of the molecule is O=C1NC(=O)C2C(NCCC2c2cccc3ccccc23)N1. The number of piperidine rings is 1. The summed E-state index contributed by atoms with van der Waals surface area (Å²) >= 11 is 0. The number of fused-ring (bicyclic) bond motifs is 2. The summed E-state index contributed by atoms with van der Waals surface area (Å²) in [5.74, 6) is -0.380. The van der Waals surface area contributed by atoms with Crippen molar-refractivity contribution in [3.8, 4) is 0 Å². The molecule has 112 valence electrons. The first-order chi connectivity index (χ1) is 10.7. The van der Waals surface area contributed by atoms with Crippen LogP contribution in [0.5, 0.6) is 0 Å². The summed E-state index contributed by atoms with van der Waals surface area (Å²) in [7, 11) is 0. The molecule has 0 radical (unpaired) electrons. The molecule has 3 N–H and O–H groups in total. The van der Waals surface area contributed by atoms with Gasteiger partial charge in [-0.25, -0.2) is 4.79 Å². The number of benzene rings is 2. The van der Waals surface area contributed by atoms with Crippen molar-refractivity contribution in [2.75, 3.05) is 6.54 Å². The van der Waals surface area contributed by atoms with Gasteiger partial charge in [-0.15, -0.1) is 0 Å². The van der Waals surface area contributed by atoms with Gasteiger partial charge >= 0.3 is 6.03 Å². The predicted molar refractivity (Wildman–Crippen MR) is 83.3 cm³/mol. The Labute approximate surface area is 128 Å². The van der Waals surface area contributed by atoms with Crippen LogP contribution in [0.15, 0.2) is 42.5 Å². The van der Waals surface area contributed by atoms with E-state index in [1.54, 1.807) is 0 Å². The fraction of sp³-hybridized carbons (Fsp3) is 0.294. The summed E-state index contributed by atoms with van der Waals surface area (Å²) in [6.07, 6.45) is 0.581. The lowest BCUT2D eigenvalue weighted by Crippen LogP contribution is -2.66. The van der Waals surface area contributed by atoms with Crippen LogP contribution in [0, 0.1) is 5.92 Å². The largest absolute Gasteiger partial charge is 0.322 e. The zero-order valence-electron chi connectivity index (χ0n) is 12.0. The number of hydrogen-bond donors (Lipinski definition) is 3. The highest BCUT2D eigenvalue weighted by atomic mass is 16.2. The van der Waals surface area contributed by atoms with E-state index in [9.17, 15) is 9.59 Å². The number of hydrogen-bond acceptors (Lipinski definition) is 3. The molecular weight excluding hydrogens is 278 g/mol. The van der Waals surface area contributed by atoms with Crippen molar-refractivity contribution < 1.29 is 9.59 Å².